The number of nitro groups is 1. The van der Waals surface area contributed by atoms with E-state index in [1.807, 2.05) is 0 Å². The lowest BCUT2D eigenvalue weighted by Gasteiger charge is -2.10. The zero-order valence-corrected chi connectivity index (χ0v) is 11.4. The number of hydrogen-bond donors (Lipinski definition) is 1. The van der Waals surface area contributed by atoms with E-state index in [4.69, 9.17) is 4.74 Å². The third-order valence-corrected chi connectivity index (χ3v) is 4.15. The summed E-state index contributed by atoms with van der Waals surface area (Å²) in [5.41, 5.74) is 0.0109. The SMILES string of the molecule is O=[N+]([O-])c1ccc(OCCNC2C=CS(=O)(=O)C2)cc1. The van der Waals surface area contributed by atoms with Gasteiger partial charge in [-0.3, -0.25) is 10.1 Å². The van der Waals surface area contributed by atoms with Gasteiger partial charge in [0.25, 0.3) is 5.69 Å². The van der Waals surface area contributed by atoms with Gasteiger partial charge in [-0.1, -0.05) is 6.08 Å². The van der Waals surface area contributed by atoms with Crippen LogP contribution in [0.2, 0.25) is 0 Å². The van der Waals surface area contributed by atoms with Crippen LogP contribution in [0.1, 0.15) is 0 Å². The van der Waals surface area contributed by atoms with Gasteiger partial charge in [-0.15, -0.1) is 0 Å². The van der Waals surface area contributed by atoms with Gasteiger partial charge in [0.15, 0.2) is 9.84 Å². The highest BCUT2D eigenvalue weighted by Crippen LogP contribution is 2.17. The van der Waals surface area contributed by atoms with Crippen molar-refractivity contribution < 1.29 is 18.1 Å². The van der Waals surface area contributed by atoms with Crippen LogP contribution in [0.5, 0.6) is 5.75 Å². The van der Waals surface area contributed by atoms with Crippen LogP contribution in [0.3, 0.4) is 0 Å². The Morgan fingerprint density at radius 1 is 1.35 bits per heavy atom. The van der Waals surface area contributed by atoms with Crippen LogP contribution in [0.25, 0.3) is 0 Å². The topological polar surface area (TPSA) is 98.5 Å². The van der Waals surface area contributed by atoms with Gasteiger partial charge in [0, 0.05) is 30.1 Å². The van der Waals surface area contributed by atoms with Gasteiger partial charge in [-0.05, 0) is 12.1 Å². The first-order valence-corrected chi connectivity index (χ1v) is 7.69. The number of ether oxygens (including phenoxy) is 1. The summed E-state index contributed by atoms with van der Waals surface area (Å²) in [5.74, 6) is 0.608. The number of nitrogens with zero attached hydrogens (tertiary/aromatic N) is 1. The fourth-order valence-electron chi connectivity index (χ4n) is 1.78. The highest BCUT2D eigenvalue weighted by Gasteiger charge is 2.20. The van der Waals surface area contributed by atoms with Crippen molar-refractivity contribution in [2.24, 2.45) is 0 Å². The predicted molar refractivity (Wildman–Crippen MR) is 73.3 cm³/mol. The Hall–Kier alpha value is -1.93. The zero-order chi connectivity index (χ0) is 14.6. The molecule has 0 radical (unpaired) electrons. The van der Waals surface area contributed by atoms with Crippen LogP contribution in [0.4, 0.5) is 5.69 Å². The van der Waals surface area contributed by atoms with Crippen LogP contribution < -0.4 is 10.1 Å². The van der Waals surface area contributed by atoms with E-state index in [-0.39, 0.29) is 17.5 Å². The molecule has 2 rings (SSSR count). The molecule has 1 heterocycles. The second-order valence-electron chi connectivity index (χ2n) is 4.32. The molecule has 0 fully saturated rings. The molecule has 0 aliphatic carbocycles. The summed E-state index contributed by atoms with van der Waals surface area (Å²) in [6.07, 6.45) is 1.61. The number of rotatable bonds is 6. The first-order chi connectivity index (χ1) is 9.46. The van der Waals surface area contributed by atoms with Crippen LogP contribution in [-0.2, 0) is 9.84 Å². The summed E-state index contributed by atoms with van der Waals surface area (Å²) in [7, 11) is -3.05. The Balaban J connectivity index is 1.71. The van der Waals surface area contributed by atoms with Crippen LogP contribution in [0, 0.1) is 10.1 Å². The van der Waals surface area contributed by atoms with Crippen molar-refractivity contribution in [1.29, 1.82) is 0 Å². The summed E-state index contributed by atoms with van der Waals surface area (Å²) < 4.78 is 27.7. The lowest BCUT2D eigenvalue weighted by atomic mass is 10.3. The first-order valence-electron chi connectivity index (χ1n) is 5.98. The average Bonchev–Trinajstić information content (AvgIpc) is 2.75. The molecule has 8 heteroatoms. The molecule has 0 spiro atoms. The van der Waals surface area contributed by atoms with Crippen molar-refractivity contribution in [1.82, 2.24) is 5.32 Å². The third-order valence-electron chi connectivity index (χ3n) is 2.75. The average molecular weight is 298 g/mol. The molecule has 1 aromatic carbocycles. The quantitative estimate of drug-likeness (QED) is 0.475. The van der Waals surface area contributed by atoms with E-state index in [1.165, 1.54) is 29.7 Å². The third kappa shape index (κ3) is 4.04. The van der Waals surface area contributed by atoms with E-state index >= 15 is 0 Å². The van der Waals surface area contributed by atoms with Crippen molar-refractivity contribution in [3.8, 4) is 5.75 Å². The molecule has 20 heavy (non-hydrogen) atoms. The molecular weight excluding hydrogens is 284 g/mol. The van der Waals surface area contributed by atoms with Crippen molar-refractivity contribution in [3.63, 3.8) is 0 Å². The highest BCUT2D eigenvalue weighted by molar-refractivity contribution is 7.94. The van der Waals surface area contributed by atoms with Crippen LogP contribution in [-0.4, -0.2) is 38.3 Å². The molecule has 1 atom stereocenters. The normalized spacial score (nSPS) is 19.9. The minimum atomic E-state index is -3.05. The monoisotopic (exact) mass is 298 g/mol. The molecule has 0 bridgehead atoms. The van der Waals surface area contributed by atoms with Crippen molar-refractivity contribution in [2.45, 2.75) is 6.04 Å². The molecule has 1 aliphatic rings. The standard InChI is InChI=1S/C12H14N2O5S/c15-14(16)11-1-3-12(4-2-11)19-7-6-13-10-5-8-20(17,18)9-10/h1-5,8,10,13H,6-7,9H2. The Bertz CT molecular complexity index is 609. The molecule has 1 aliphatic heterocycles. The molecular formula is C12H14N2O5S. The van der Waals surface area contributed by atoms with Crippen LogP contribution >= 0.6 is 0 Å². The number of benzene rings is 1. The zero-order valence-electron chi connectivity index (χ0n) is 10.6. The lowest BCUT2D eigenvalue weighted by molar-refractivity contribution is -0.384. The van der Waals surface area contributed by atoms with Gasteiger partial charge >= 0.3 is 0 Å². The molecule has 0 amide bonds. The molecule has 0 saturated heterocycles. The lowest BCUT2D eigenvalue weighted by Crippen LogP contribution is -2.33. The maximum Gasteiger partial charge on any atom is 0.269 e. The summed E-state index contributed by atoms with van der Waals surface area (Å²) >= 11 is 0. The summed E-state index contributed by atoms with van der Waals surface area (Å²) in [4.78, 5) is 10.00. The van der Waals surface area contributed by atoms with Crippen LogP contribution in [0.15, 0.2) is 35.7 Å². The molecule has 1 N–H and O–H groups in total. The number of sulfone groups is 1. The molecule has 1 unspecified atom stereocenters. The second-order valence-corrected chi connectivity index (χ2v) is 6.25. The number of nitro benzene ring substituents is 1. The minimum Gasteiger partial charge on any atom is -0.492 e. The maximum absolute atomic E-state index is 11.2. The number of non-ortho nitro benzene ring substituents is 1. The van der Waals surface area contributed by atoms with Gasteiger partial charge in [-0.2, -0.15) is 0 Å². The Morgan fingerprint density at radius 3 is 2.60 bits per heavy atom. The Labute approximate surface area is 116 Å². The van der Waals surface area contributed by atoms with E-state index in [2.05, 4.69) is 5.32 Å². The fourth-order valence-corrected chi connectivity index (χ4v) is 3.05. The Kier molecular flexibility index (Phi) is 4.35. The van der Waals surface area contributed by atoms with Gasteiger partial charge in [-0.25, -0.2) is 8.42 Å². The fraction of sp³-hybridized carbons (Fsp3) is 0.333. The number of hydrogen-bond acceptors (Lipinski definition) is 6. The van der Waals surface area contributed by atoms with Crippen molar-refractivity contribution in [2.75, 3.05) is 18.9 Å². The predicted octanol–water partition coefficient (Wildman–Crippen LogP) is 0.874. The van der Waals surface area contributed by atoms with Crippen molar-refractivity contribution >= 4 is 15.5 Å². The van der Waals surface area contributed by atoms with Gasteiger partial charge in [0.1, 0.15) is 12.4 Å². The summed E-state index contributed by atoms with van der Waals surface area (Å²) in [5, 5.41) is 14.7. The molecule has 0 saturated carbocycles. The van der Waals surface area contributed by atoms with Gasteiger partial charge in [0.05, 0.1) is 10.7 Å². The minimum absolute atomic E-state index is 0.0109. The maximum atomic E-state index is 11.2. The van der Waals surface area contributed by atoms with Gasteiger partial charge < -0.3 is 10.1 Å². The van der Waals surface area contributed by atoms with E-state index in [9.17, 15) is 18.5 Å². The second kappa shape index (κ2) is 6.02. The summed E-state index contributed by atoms with van der Waals surface area (Å²) in [6, 6.07) is 5.61. The van der Waals surface area contributed by atoms with Crippen molar-refractivity contribution in [3.05, 3.63) is 45.9 Å². The van der Waals surface area contributed by atoms with Gasteiger partial charge in [0.2, 0.25) is 0 Å². The van der Waals surface area contributed by atoms with E-state index < -0.39 is 14.8 Å². The summed E-state index contributed by atoms with van der Waals surface area (Å²) in [6.45, 7) is 0.837. The highest BCUT2D eigenvalue weighted by atomic mass is 32.2. The molecule has 108 valence electrons. The molecule has 7 nitrogen and oxygen atoms in total. The van der Waals surface area contributed by atoms with E-state index in [0.29, 0.717) is 18.9 Å². The smallest absolute Gasteiger partial charge is 0.269 e. The molecule has 0 aromatic heterocycles. The number of nitrogens with one attached hydrogen (secondary N) is 1. The molecule has 1 aromatic rings. The van der Waals surface area contributed by atoms with E-state index in [1.54, 1.807) is 6.08 Å². The Morgan fingerprint density at radius 2 is 2.05 bits per heavy atom. The van der Waals surface area contributed by atoms with E-state index in [0.717, 1.165) is 0 Å². The first kappa shape index (κ1) is 14.5. The largest absolute Gasteiger partial charge is 0.492 e.